The van der Waals surface area contributed by atoms with Crippen LogP contribution in [0, 0.1) is 5.92 Å². The first-order chi connectivity index (χ1) is 19.6. The number of hydrogen-bond donors (Lipinski definition) is 8. The molecular formula is C21H23N7O12S2. The maximum Gasteiger partial charge on any atom is 0.338 e. The molecule has 3 rings (SSSR count). The molecule has 0 radical (unpaired) electrons. The maximum absolute atomic E-state index is 12.8. The van der Waals surface area contributed by atoms with Crippen molar-refractivity contribution in [3.63, 3.8) is 0 Å². The van der Waals surface area contributed by atoms with Gasteiger partial charge in [0, 0.05) is 5.38 Å². The fraction of sp³-hybridized carbons (Fsp3) is 0.286. The van der Waals surface area contributed by atoms with E-state index in [1.807, 2.05) is 0 Å². The highest BCUT2D eigenvalue weighted by Crippen LogP contribution is 2.28. The van der Waals surface area contributed by atoms with Crippen LogP contribution >= 0.6 is 11.3 Å². The van der Waals surface area contributed by atoms with Crippen LogP contribution in [-0.2, 0) is 34.2 Å². The number of rotatable bonds is 12. The van der Waals surface area contributed by atoms with Gasteiger partial charge in [0.05, 0.1) is 12.5 Å². The number of nitrogen functional groups attached to an aromatic ring is 1. The maximum atomic E-state index is 12.8. The number of phenolic OH excluding ortho intramolecular Hbond substituents is 2. The van der Waals surface area contributed by atoms with Gasteiger partial charge >= 0.3 is 28.2 Å². The molecule has 1 saturated heterocycles. The van der Waals surface area contributed by atoms with Gasteiger partial charge in [-0.3, -0.25) is 24.1 Å². The number of carbonyl (C=O) groups is 5. The number of β-lactam (4-membered cyclic amide) rings is 1. The number of aromatic hydroxyl groups is 2. The molecule has 1 aromatic carbocycles. The molecule has 2 aromatic rings. The molecule has 0 bridgehead atoms. The third-order valence-electron chi connectivity index (χ3n) is 5.44. The molecule has 9 N–H and O–H groups in total. The molecule has 1 aliphatic heterocycles. The summed E-state index contributed by atoms with van der Waals surface area (Å²) in [5.74, 6) is -7.22. The van der Waals surface area contributed by atoms with E-state index < -0.39 is 88.4 Å². The van der Waals surface area contributed by atoms with Crippen LogP contribution in [0.3, 0.4) is 0 Å². The van der Waals surface area contributed by atoms with Crippen LogP contribution in [0.15, 0.2) is 28.7 Å². The highest BCUT2D eigenvalue weighted by atomic mass is 32.2. The molecule has 19 nitrogen and oxygen atoms in total. The van der Waals surface area contributed by atoms with Crippen LogP contribution in [0.4, 0.5) is 9.93 Å². The average molecular weight is 630 g/mol. The Morgan fingerprint density at radius 3 is 2.45 bits per heavy atom. The van der Waals surface area contributed by atoms with Crippen molar-refractivity contribution in [3.05, 3.63) is 34.8 Å². The highest BCUT2D eigenvalue weighted by molar-refractivity contribution is 7.88. The predicted molar refractivity (Wildman–Crippen MR) is 140 cm³/mol. The Morgan fingerprint density at radius 2 is 1.90 bits per heavy atom. The van der Waals surface area contributed by atoms with Gasteiger partial charge in [0.1, 0.15) is 24.4 Å². The summed E-state index contributed by atoms with van der Waals surface area (Å²) in [5.41, 5.74) is 4.78. The normalized spacial score (nSPS) is 16.6. The molecule has 4 amide bonds. The number of imide groups is 1. The summed E-state index contributed by atoms with van der Waals surface area (Å²) in [4.78, 5) is 69.5. The van der Waals surface area contributed by atoms with Gasteiger partial charge in [-0.1, -0.05) is 11.2 Å². The number of benzene rings is 1. The van der Waals surface area contributed by atoms with Crippen LogP contribution in [0.25, 0.3) is 0 Å². The molecule has 0 aliphatic carbocycles. The summed E-state index contributed by atoms with van der Waals surface area (Å²) in [6, 6.07) is -2.06. The van der Waals surface area contributed by atoms with Crippen molar-refractivity contribution in [2.75, 3.05) is 18.9 Å². The van der Waals surface area contributed by atoms with Crippen molar-refractivity contribution < 1.29 is 57.7 Å². The van der Waals surface area contributed by atoms with Crippen molar-refractivity contribution in [2.24, 2.45) is 11.1 Å². The number of likely N-dealkylation sites (tertiary alicyclic amines) is 1. The van der Waals surface area contributed by atoms with E-state index in [2.05, 4.69) is 15.5 Å². The monoisotopic (exact) mass is 629 g/mol. The predicted octanol–water partition coefficient (Wildman–Crippen LogP) is -1.73. The van der Waals surface area contributed by atoms with Crippen LogP contribution in [0.1, 0.15) is 24.2 Å². The Hall–Kier alpha value is -5.02. The average Bonchev–Trinajstić information content (AvgIpc) is 3.33. The molecule has 1 aromatic heterocycles. The van der Waals surface area contributed by atoms with E-state index in [-0.39, 0.29) is 16.4 Å². The smallest absolute Gasteiger partial charge is 0.338 e. The molecule has 226 valence electrons. The SMILES string of the molecule is CC(CO/N=C(\C(=O)N[C@H]1CN(C(=O)NS(=O)(=O)NC(C(=O)O)c2ccc(O)c(O)c2)C1=O)c1csc(N)n1)C(=O)O. The van der Waals surface area contributed by atoms with Crippen LogP contribution in [-0.4, -0.2) is 93.4 Å². The molecule has 1 aliphatic rings. The number of carbonyl (C=O) groups excluding carboxylic acids is 3. The Morgan fingerprint density at radius 1 is 1.21 bits per heavy atom. The number of aliphatic carboxylic acids is 2. The highest BCUT2D eigenvalue weighted by Gasteiger charge is 2.44. The zero-order valence-electron chi connectivity index (χ0n) is 21.2. The molecular weight excluding hydrogens is 606 g/mol. The molecule has 0 saturated carbocycles. The third kappa shape index (κ3) is 7.58. The number of urea groups is 1. The quantitative estimate of drug-likeness (QED) is 0.0560. The molecule has 21 heteroatoms. The van der Waals surface area contributed by atoms with Crippen LogP contribution in [0.5, 0.6) is 11.5 Å². The van der Waals surface area contributed by atoms with Gasteiger partial charge in [0.25, 0.3) is 11.8 Å². The molecule has 2 heterocycles. The number of oxime groups is 1. The number of phenols is 2. The molecule has 1 fully saturated rings. The summed E-state index contributed by atoms with van der Waals surface area (Å²) in [6.07, 6.45) is 0. The molecule has 3 atom stereocenters. The topological polar surface area (TPSA) is 300 Å². The lowest BCUT2D eigenvalue weighted by Gasteiger charge is -2.36. The second-order valence-corrected chi connectivity index (χ2v) is 10.9. The van der Waals surface area contributed by atoms with E-state index in [0.717, 1.165) is 29.5 Å². The first-order valence-corrected chi connectivity index (χ1v) is 13.8. The Kier molecular flexibility index (Phi) is 9.49. The summed E-state index contributed by atoms with van der Waals surface area (Å²) in [6.45, 7) is 0.436. The zero-order valence-corrected chi connectivity index (χ0v) is 22.9. The largest absolute Gasteiger partial charge is 0.504 e. The van der Waals surface area contributed by atoms with E-state index in [0.29, 0.717) is 4.90 Å². The van der Waals surface area contributed by atoms with E-state index in [1.54, 1.807) is 4.72 Å². The summed E-state index contributed by atoms with van der Waals surface area (Å²) in [5, 5.41) is 44.6. The lowest BCUT2D eigenvalue weighted by atomic mass is 10.1. The van der Waals surface area contributed by atoms with Gasteiger partial charge in [-0.05, 0) is 24.6 Å². The number of nitrogens with one attached hydrogen (secondary N) is 3. The van der Waals surface area contributed by atoms with Gasteiger partial charge in [0.2, 0.25) is 0 Å². The number of amides is 4. The Labute approximate surface area is 239 Å². The lowest BCUT2D eigenvalue weighted by Crippen LogP contribution is -2.68. The number of carboxylic acid groups (broad SMARTS) is 2. The Balaban J connectivity index is 1.63. The van der Waals surface area contributed by atoms with Gasteiger partial charge in [-0.15, -0.1) is 11.3 Å². The number of nitrogens with two attached hydrogens (primary N) is 1. The van der Waals surface area contributed by atoms with Gasteiger partial charge in [-0.2, -0.15) is 13.1 Å². The van der Waals surface area contributed by atoms with Crippen molar-refractivity contribution in [2.45, 2.75) is 19.0 Å². The Bertz CT molecular complexity index is 1560. The van der Waals surface area contributed by atoms with Gasteiger partial charge in [0.15, 0.2) is 22.3 Å². The van der Waals surface area contributed by atoms with Crippen molar-refractivity contribution in [3.8, 4) is 11.5 Å². The minimum absolute atomic E-state index is 0.0496. The van der Waals surface area contributed by atoms with Crippen molar-refractivity contribution in [1.82, 2.24) is 24.6 Å². The second-order valence-electron chi connectivity index (χ2n) is 8.57. The first kappa shape index (κ1) is 31.5. The molecule has 42 heavy (non-hydrogen) atoms. The van der Waals surface area contributed by atoms with Crippen LogP contribution < -0.4 is 20.5 Å². The minimum atomic E-state index is -4.90. The standard InChI is InChI=1S/C21H23N7O12S2/c1-8(18(33)34)6-40-25-15(11-7-41-20(22)24-11)16(31)23-10-5-28(17(10)32)21(37)27-42(38,39)26-14(19(35)36)9-2-3-12(29)13(30)4-9/h2-4,7-8,10,14,26,29-30H,5-6H2,1H3,(H2,22,24)(H,23,31)(H,27,37)(H,33,34)(H,35,36)/b25-15-/t8?,10-,14?/m0/s1. The van der Waals surface area contributed by atoms with Crippen LogP contribution in [0.2, 0.25) is 0 Å². The summed E-state index contributed by atoms with van der Waals surface area (Å²) in [7, 11) is -4.90. The zero-order chi connectivity index (χ0) is 31.4. The summed E-state index contributed by atoms with van der Waals surface area (Å²) < 4.78 is 28.0. The van der Waals surface area contributed by atoms with Gasteiger partial charge < -0.3 is 36.3 Å². The second kappa shape index (κ2) is 12.7. The number of anilines is 1. The molecule has 2 unspecified atom stereocenters. The third-order valence-corrected chi connectivity index (χ3v) is 7.10. The number of nitrogens with zero attached hydrogens (tertiary/aromatic N) is 3. The van der Waals surface area contributed by atoms with E-state index >= 15 is 0 Å². The van der Waals surface area contributed by atoms with Crippen molar-refractivity contribution >= 4 is 62.2 Å². The van der Waals surface area contributed by atoms with E-state index in [9.17, 15) is 47.7 Å². The summed E-state index contributed by atoms with van der Waals surface area (Å²) >= 11 is 0.954. The molecule has 0 spiro atoms. The fourth-order valence-corrected chi connectivity index (χ4v) is 4.66. The minimum Gasteiger partial charge on any atom is -0.504 e. The van der Waals surface area contributed by atoms with E-state index in [4.69, 9.17) is 15.7 Å². The number of carboxylic acids is 2. The van der Waals surface area contributed by atoms with E-state index in [1.165, 1.54) is 17.0 Å². The van der Waals surface area contributed by atoms with Gasteiger partial charge in [-0.25, -0.2) is 14.5 Å². The number of hydrogen-bond acceptors (Lipinski definition) is 14. The number of aromatic nitrogens is 1. The first-order valence-electron chi connectivity index (χ1n) is 11.4. The number of thiazole rings is 1. The van der Waals surface area contributed by atoms with Crippen molar-refractivity contribution in [1.29, 1.82) is 0 Å². The lowest BCUT2D eigenvalue weighted by molar-refractivity contribution is -0.143. The fourth-order valence-electron chi connectivity index (χ4n) is 3.16.